The van der Waals surface area contributed by atoms with Crippen LogP contribution in [-0.2, 0) is 9.57 Å². The molecule has 4 nitrogen and oxygen atoms in total. The zero-order valence-electron chi connectivity index (χ0n) is 6.09. The summed E-state index contributed by atoms with van der Waals surface area (Å²) < 4.78 is 4.23. The first kappa shape index (κ1) is 8.97. The lowest BCUT2D eigenvalue weighted by atomic mass is 10.6. The van der Waals surface area contributed by atoms with E-state index in [1.807, 2.05) is 13.0 Å². The number of ether oxygens (including phenoxy) is 1. The second kappa shape index (κ2) is 6.10. The molecule has 1 N–H and O–H groups in total. The Morgan fingerprint density at radius 3 is 2.90 bits per heavy atom. The van der Waals surface area contributed by atoms with Crippen LogP contribution in [0.2, 0.25) is 0 Å². The molecule has 0 aromatic rings. The second-order valence-corrected chi connectivity index (χ2v) is 1.47. The molecule has 0 aliphatic carbocycles. The molecule has 0 aromatic heterocycles. The number of carbonyl (C=O) groups is 1. The molecule has 0 aliphatic rings. The topological polar surface area (TPSA) is 47.6 Å². The molecule has 1 amide bonds. The predicted octanol–water partition coefficient (Wildman–Crippen LogP) is 0.850. The minimum absolute atomic E-state index is 0.353. The Morgan fingerprint density at radius 1 is 1.70 bits per heavy atom. The Bertz CT molecular complexity index is 122. The van der Waals surface area contributed by atoms with Gasteiger partial charge in [-0.3, -0.25) is 4.84 Å². The number of nitrogens with one attached hydrogen (secondary N) is 1. The summed E-state index contributed by atoms with van der Waals surface area (Å²) in [5.74, 6) is 0. The van der Waals surface area contributed by atoms with Crippen molar-refractivity contribution < 1.29 is 14.4 Å². The van der Waals surface area contributed by atoms with Crippen molar-refractivity contribution in [3.8, 4) is 0 Å². The summed E-state index contributed by atoms with van der Waals surface area (Å²) in [6.45, 7) is 2.22. The van der Waals surface area contributed by atoms with Crippen molar-refractivity contribution in [2.24, 2.45) is 0 Å². The van der Waals surface area contributed by atoms with Gasteiger partial charge in [-0.15, -0.1) is 0 Å². The second-order valence-electron chi connectivity index (χ2n) is 1.47. The Balaban J connectivity index is 3.11. The predicted molar refractivity (Wildman–Crippen MR) is 36.3 cm³/mol. The maximum Gasteiger partial charge on any atom is 0.431 e. The molecule has 0 rings (SSSR count). The molecule has 0 saturated carbocycles. The van der Waals surface area contributed by atoms with Crippen LogP contribution in [0, 0.1) is 0 Å². The summed E-state index contributed by atoms with van der Waals surface area (Å²) in [5, 5.41) is 0. The van der Waals surface area contributed by atoms with Crippen LogP contribution in [0.4, 0.5) is 4.79 Å². The molecule has 58 valence electrons. The molecule has 0 aliphatic heterocycles. The largest absolute Gasteiger partial charge is 0.451 e. The highest BCUT2D eigenvalue weighted by Crippen LogP contribution is 1.74. The number of hydrogen-bond donors (Lipinski definition) is 1. The SMILES string of the molecule is CC=CCONC(=O)OC. The van der Waals surface area contributed by atoms with Crippen molar-refractivity contribution in [2.45, 2.75) is 6.92 Å². The number of methoxy groups -OCH3 is 1. The van der Waals surface area contributed by atoms with Gasteiger partial charge in [0.1, 0.15) is 0 Å². The molecular formula is C6H11NO3. The standard InChI is InChI=1S/C6H11NO3/c1-3-4-5-10-7-6(8)9-2/h3-4H,5H2,1-2H3,(H,7,8). The lowest BCUT2D eigenvalue weighted by molar-refractivity contribution is 0.0506. The molecule has 0 saturated heterocycles. The quantitative estimate of drug-likeness (QED) is 0.364. The third-order valence-electron chi connectivity index (χ3n) is 0.756. The van der Waals surface area contributed by atoms with E-state index in [-0.39, 0.29) is 0 Å². The first-order chi connectivity index (χ1) is 4.81. The normalized spacial score (nSPS) is 9.80. The lowest BCUT2D eigenvalue weighted by Gasteiger charge is -1.99. The fraction of sp³-hybridized carbons (Fsp3) is 0.500. The summed E-state index contributed by atoms with van der Waals surface area (Å²) in [4.78, 5) is 14.9. The highest BCUT2D eigenvalue weighted by Gasteiger charge is 1.93. The van der Waals surface area contributed by atoms with Crippen LogP contribution < -0.4 is 5.48 Å². The third kappa shape index (κ3) is 5.11. The summed E-state index contributed by atoms with van der Waals surface area (Å²) in [5.41, 5.74) is 2.05. The van der Waals surface area contributed by atoms with Crippen LogP contribution >= 0.6 is 0 Å². The molecule has 0 bridgehead atoms. The molecular weight excluding hydrogens is 134 g/mol. The van der Waals surface area contributed by atoms with Gasteiger partial charge in [-0.2, -0.15) is 5.48 Å². The summed E-state index contributed by atoms with van der Waals surface area (Å²) in [7, 11) is 1.27. The Kier molecular flexibility index (Phi) is 5.47. The molecule has 10 heavy (non-hydrogen) atoms. The number of hydrogen-bond acceptors (Lipinski definition) is 3. The van der Waals surface area contributed by atoms with Gasteiger partial charge in [0, 0.05) is 0 Å². The highest BCUT2D eigenvalue weighted by molar-refractivity contribution is 5.65. The van der Waals surface area contributed by atoms with Crippen LogP contribution in [-0.4, -0.2) is 19.8 Å². The molecule has 0 spiro atoms. The highest BCUT2D eigenvalue weighted by atomic mass is 16.7. The molecule has 0 aromatic carbocycles. The van der Waals surface area contributed by atoms with Crippen LogP contribution in [0.5, 0.6) is 0 Å². The number of allylic oxidation sites excluding steroid dienone is 1. The summed E-state index contributed by atoms with van der Waals surface area (Å²) in [6, 6.07) is 0. The van der Waals surface area contributed by atoms with Crippen LogP contribution in [0.1, 0.15) is 6.92 Å². The Labute approximate surface area is 59.8 Å². The van der Waals surface area contributed by atoms with E-state index in [0.29, 0.717) is 6.61 Å². The molecule has 0 atom stereocenters. The smallest absolute Gasteiger partial charge is 0.431 e. The number of hydroxylamine groups is 1. The third-order valence-corrected chi connectivity index (χ3v) is 0.756. The zero-order chi connectivity index (χ0) is 7.82. The van der Waals surface area contributed by atoms with Crippen molar-refractivity contribution in [1.29, 1.82) is 0 Å². The van der Waals surface area contributed by atoms with Gasteiger partial charge >= 0.3 is 6.09 Å². The molecule has 0 heterocycles. The van der Waals surface area contributed by atoms with Gasteiger partial charge in [0.15, 0.2) is 0 Å². The van der Waals surface area contributed by atoms with Gasteiger partial charge in [-0.1, -0.05) is 12.2 Å². The van der Waals surface area contributed by atoms with Gasteiger partial charge in [-0.25, -0.2) is 4.79 Å². The van der Waals surface area contributed by atoms with Gasteiger partial charge in [0.05, 0.1) is 13.7 Å². The molecule has 0 unspecified atom stereocenters. The first-order valence-electron chi connectivity index (χ1n) is 2.88. The average molecular weight is 145 g/mol. The molecule has 0 fully saturated rings. The zero-order valence-corrected chi connectivity index (χ0v) is 6.09. The van der Waals surface area contributed by atoms with E-state index in [1.165, 1.54) is 7.11 Å². The lowest BCUT2D eigenvalue weighted by Crippen LogP contribution is -2.23. The van der Waals surface area contributed by atoms with E-state index in [4.69, 9.17) is 0 Å². The van der Waals surface area contributed by atoms with Gasteiger partial charge in [-0.05, 0) is 6.92 Å². The van der Waals surface area contributed by atoms with Crippen molar-refractivity contribution in [2.75, 3.05) is 13.7 Å². The monoisotopic (exact) mass is 145 g/mol. The van der Waals surface area contributed by atoms with Crippen LogP contribution in [0.3, 0.4) is 0 Å². The first-order valence-corrected chi connectivity index (χ1v) is 2.88. The van der Waals surface area contributed by atoms with Gasteiger partial charge in [0.25, 0.3) is 0 Å². The van der Waals surface area contributed by atoms with E-state index in [9.17, 15) is 4.79 Å². The Morgan fingerprint density at radius 2 is 2.40 bits per heavy atom. The average Bonchev–Trinajstić information content (AvgIpc) is 1.98. The summed E-state index contributed by atoms with van der Waals surface area (Å²) in [6.07, 6.45) is 2.99. The van der Waals surface area contributed by atoms with Crippen molar-refractivity contribution in [3.05, 3.63) is 12.2 Å². The minimum atomic E-state index is -0.593. The van der Waals surface area contributed by atoms with E-state index >= 15 is 0 Å². The van der Waals surface area contributed by atoms with Gasteiger partial charge < -0.3 is 4.74 Å². The Hall–Kier alpha value is -1.03. The van der Waals surface area contributed by atoms with Crippen molar-refractivity contribution >= 4 is 6.09 Å². The molecule has 0 radical (unpaired) electrons. The van der Waals surface area contributed by atoms with E-state index < -0.39 is 6.09 Å². The number of carbonyl (C=O) groups excluding carboxylic acids is 1. The van der Waals surface area contributed by atoms with Crippen molar-refractivity contribution in [3.63, 3.8) is 0 Å². The van der Waals surface area contributed by atoms with Crippen molar-refractivity contribution in [1.82, 2.24) is 5.48 Å². The van der Waals surface area contributed by atoms with E-state index in [1.54, 1.807) is 6.08 Å². The molecule has 4 heteroatoms. The van der Waals surface area contributed by atoms with Gasteiger partial charge in [0.2, 0.25) is 0 Å². The van der Waals surface area contributed by atoms with Crippen LogP contribution in [0.15, 0.2) is 12.2 Å². The summed E-state index contributed by atoms with van der Waals surface area (Å²) >= 11 is 0. The van der Waals surface area contributed by atoms with Crippen LogP contribution in [0.25, 0.3) is 0 Å². The fourth-order valence-electron chi connectivity index (χ4n) is 0.287. The van der Waals surface area contributed by atoms with E-state index in [2.05, 4.69) is 15.1 Å². The van der Waals surface area contributed by atoms with E-state index in [0.717, 1.165) is 0 Å². The fourth-order valence-corrected chi connectivity index (χ4v) is 0.287. The maximum atomic E-state index is 10.3. The number of amides is 1. The number of rotatable bonds is 3. The maximum absolute atomic E-state index is 10.3. The minimum Gasteiger partial charge on any atom is -0.451 e.